The number of rotatable bonds is 0. The van der Waals surface area contributed by atoms with E-state index in [9.17, 15) is 0 Å². The molecule has 0 aromatic carbocycles. The summed E-state index contributed by atoms with van der Waals surface area (Å²) in [5.41, 5.74) is 0. The van der Waals surface area contributed by atoms with E-state index in [1.807, 2.05) is 0 Å². The lowest BCUT2D eigenvalue weighted by molar-refractivity contribution is 0.268. The van der Waals surface area contributed by atoms with Gasteiger partial charge < -0.3 is 0 Å². The number of fused-ring (bicyclic) bond motifs is 5. The molecule has 0 unspecified atom stereocenters. The summed E-state index contributed by atoms with van der Waals surface area (Å²) < 4.78 is 0. The van der Waals surface area contributed by atoms with Crippen LogP contribution in [0.1, 0.15) is 32.1 Å². The Morgan fingerprint density at radius 1 is 0.909 bits per heavy atom. The highest BCUT2D eigenvalue weighted by Crippen LogP contribution is 2.60. The van der Waals surface area contributed by atoms with E-state index in [1.165, 1.54) is 12.8 Å². The van der Waals surface area contributed by atoms with Crippen molar-refractivity contribution in [3.8, 4) is 0 Å². The normalized spacial score (nSPS) is 60.3. The fraction of sp³-hybridized carbons (Fsp3) is 1.00. The molecule has 2 bridgehead atoms. The zero-order valence-electron chi connectivity index (χ0n) is 6.80. The summed E-state index contributed by atoms with van der Waals surface area (Å²) in [4.78, 5) is 0.895. The molecule has 3 saturated carbocycles. The summed E-state index contributed by atoms with van der Waals surface area (Å²) in [7, 11) is 0. The number of hydrogen-bond donors (Lipinski definition) is 0. The Bertz CT molecular complexity index is 178. The summed E-state index contributed by atoms with van der Waals surface area (Å²) in [6.45, 7) is 0. The average Bonchev–Trinajstić information content (AvgIpc) is 2.52. The first-order chi connectivity index (χ1) is 5.36. The van der Waals surface area contributed by atoms with E-state index in [0.29, 0.717) is 0 Å². The fourth-order valence-corrected chi connectivity index (χ4v) is 5.07. The van der Waals surface area contributed by atoms with Crippen molar-refractivity contribution in [2.45, 2.75) is 36.9 Å². The minimum Gasteiger partial charge on any atom is -0.0887 e. The SMILES string of the molecule is Br[C@H]1C[C@H]2C[C@@H]1[C@@H]1CCC[C@H]21. The molecule has 0 aromatic rings. The van der Waals surface area contributed by atoms with Crippen molar-refractivity contribution >= 4 is 15.9 Å². The summed E-state index contributed by atoms with van der Waals surface area (Å²) in [5, 5.41) is 0. The van der Waals surface area contributed by atoms with Crippen LogP contribution in [0.15, 0.2) is 0 Å². The molecule has 0 radical (unpaired) electrons. The van der Waals surface area contributed by atoms with Crippen LogP contribution in [0.5, 0.6) is 0 Å². The monoisotopic (exact) mass is 214 g/mol. The van der Waals surface area contributed by atoms with Crippen LogP contribution < -0.4 is 0 Å². The van der Waals surface area contributed by atoms with E-state index in [1.54, 1.807) is 19.3 Å². The van der Waals surface area contributed by atoms with E-state index in [-0.39, 0.29) is 0 Å². The van der Waals surface area contributed by atoms with E-state index in [4.69, 9.17) is 0 Å². The Balaban J connectivity index is 1.90. The first-order valence-electron chi connectivity index (χ1n) is 5.00. The quantitative estimate of drug-likeness (QED) is 0.544. The zero-order valence-corrected chi connectivity index (χ0v) is 8.39. The van der Waals surface area contributed by atoms with Gasteiger partial charge in [-0.05, 0) is 49.4 Å². The van der Waals surface area contributed by atoms with Crippen LogP contribution in [0.2, 0.25) is 0 Å². The molecular weight excluding hydrogens is 200 g/mol. The fourth-order valence-electron chi connectivity index (χ4n) is 3.98. The first-order valence-corrected chi connectivity index (χ1v) is 5.92. The van der Waals surface area contributed by atoms with Crippen molar-refractivity contribution in [3.63, 3.8) is 0 Å². The zero-order chi connectivity index (χ0) is 7.42. The van der Waals surface area contributed by atoms with Gasteiger partial charge in [-0.3, -0.25) is 0 Å². The topological polar surface area (TPSA) is 0 Å². The summed E-state index contributed by atoms with van der Waals surface area (Å²) in [6.07, 6.45) is 7.69. The van der Waals surface area contributed by atoms with Crippen molar-refractivity contribution in [1.82, 2.24) is 0 Å². The lowest BCUT2D eigenvalue weighted by Gasteiger charge is -2.27. The average molecular weight is 215 g/mol. The maximum atomic E-state index is 3.83. The van der Waals surface area contributed by atoms with Gasteiger partial charge >= 0.3 is 0 Å². The van der Waals surface area contributed by atoms with Gasteiger partial charge in [0.25, 0.3) is 0 Å². The van der Waals surface area contributed by atoms with Crippen molar-refractivity contribution < 1.29 is 0 Å². The van der Waals surface area contributed by atoms with Crippen molar-refractivity contribution in [2.24, 2.45) is 23.7 Å². The molecule has 0 nitrogen and oxygen atoms in total. The first kappa shape index (κ1) is 6.94. The molecule has 0 amide bonds. The smallest absolute Gasteiger partial charge is 0.0179 e. The number of halogens is 1. The second-order valence-electron chi connectivity index (χ2n) is 4.67. The molecule has 0 saturated heterocycles. The number of hydrogen-bond acceptors (Lipinski definition) is 0. The molecule has 0 spiro atoms. The van der Waals surface area contributed by atoms with Gasteiger partial charge in [-0.25, -0.2) is 0 Å². The summed E-state index contributed by atoms with van der Waals surface area (Å²) in [5.74, 6) is 4.50. The molecule has 62 valence electrons. The van der Waals surface area contributed by atoms with Crippen molar-refractivity contribution in [2.75, 3.05) is 0 Å². The number of alkyl halides is 1. The predicted molar refractivity (Wildman–Crippen MR) is 49.8 cm³/mol. The molecule has 0 N–H and O–H groups in total. The Morgan fingerprint density at radius 2 is 1.73 bits per heavy atom. The lowest BCUT2D eigenvalue weighted by Crippen LogP contribution is -2.24. The van der Waals surface area contributed by atoms with E-state index in [0.717, 1.165) is 28.5 Å². The maximum Gasteiger partial charge on any atom is 0.0179 e. The molecular formula is C10H15Br. The van der Waals surface area contributed by atoms with Gasteiger partial charge in [-0.15, -0.1) is 0 Å². The van der Waals surface area contributed by atoms with Gasteiger partial charge in [0.15, 0.2) is 0 Å². The van der Waals surface area contributed by atoms with Crippen LogP contribution in [0.3, 0.4) is 0 Å². The Labute approximate surface area is 76.9 Å². The molecule has 3 fully saturated rings. The van der Waals surface area contributed by atoms with E-state index in [2.05, 4.69) is 15.9 Å². The molecule has 0 aliphatic heterocycles. The third kappa shape index (κ3) is 0.811. The minimum absolute atomic E-state index is 0.895. The Morgan fingerprint density at radius 3 is 2.64 bits per heavy atom. The highest BCUT2D eigenvalue weighted by molar-refractivity contribution is 9.09. The van der Waals surface area contributed by atoms with Crippen molar-refractivity contribution in [3.05, 3.63) is 0 Å². The molecule has 5 atom stereocenters. The van der Waals surface area contributed by atoms with Crippen LogP contribution in [-0.2, 0) is 0 Å². The van der Waals surface area contributed by atoms with Gasteiger partial charge in [-0.1, -0.05) is 22.4 Å². The standard InChI is InChI=1S/C10H15Br/c11-10-5-6-4-9(10)8-3-1-2-7(6)8/h6-10H,1-5H2/t6-,7-,8-,9-,10+/m1/s1. The van der Waals surface area contributed by atoms with Gasteiger partial charge in [0.1, 0.15) is 0 Å². The third-order valence-corrected chi connectivity index (χ3v) is 5.40. The molecule has 3 rings (SSSR count). The third-order valence-electron chi connectivity index (χ3n) is 4.35. The van der Waals surface area contributed by atoms with Gasteiger partial charge in [0.05, 0.1) is 0 Å². The van der Waals surface area contributed by atoms with Gasteiger partial charge in [0, 0.05) is 4.83 Å². The highest BCUT2D eigenvalue weighted by atomic mass is 79.9. The van der Waals surface area contributed by atoms with Gasteiger partial charge in [0.2, 0.25) is 0 Å². The Kier molecular flexibility index (Phi) is 1.42. The predicted octanol–water partition coefficient (Wildman–Crippen LogP) is 3.21. The van der Waals surface area contributed by atoms with E-state index >= 15 is 0 Å². The molecule has 11 heavy (non-hydrogen) atoms. The molecule has 0 aromatic heterocycles. The van der Waals surface area contributed by atoms with Crippen molar-refractivity contribution in [1.29, 1.82) is 0 Å². The summed E-state index contributed by atoms with van der Waals surface area (Å²) >= 11 is 3.83. The van der Waals surface area contributed by atoms with Crippen LogP contribution in [0.4, 0.5) is 0 Å². The maximum absolute atomic E-state index is 3.83. The molecule has 1 heteroatoms. The van der Waals surface area contributed by atoms with E-state index < -0.39 is 0 Å². The second-order valence-corrected chi connectivity index (χ2v) is 5.85. The molecule has 0 heterocycles. The summed E-state index contributed by atoms with van der Waals surface area (Å²) in [6, 6.07) is 0. The Hall–Kier alpha value is 0.480. The lowest BCUT2D eigenvalue weighted by atomic mass is 9.82. The van der Waals surface area contributed by atoms with Crippen LogP contribution in [-0.4, -0.2) is 4.83 Å². The van der Waals surface area contributed by atoms with Crippen LogP contribution >= 0.6 is 15.9 Å². The van der Waals surface area contributed by atoms with Gasteiger partial charge in [-0.2, -0.15) is 0 Å². The largest absolute Gasteiger partial charge is 0.0887 e. The second kappa shape index (κ2) is 2.25. The minimum atomic E-state index is 0.895. The highest BCUT2D eigenvalue weighted by Gasteiger charge is 2.52. The molecule has 3 aliphatic rings. The van der Waals surface area contributed by atoms with Crippen LogP contribution in [0, 0.1) is 23.7 Å². The molecule has 3 aliphatic carbocycles. The van der Waals surface area contributed by atoms with Crippen LogP contribution in [0.25, 0.3) is 0 Å².